The highest BCUT2D eigenvalue weighted by Crippen LogP contribution is 2.41. The number of ether oxygens (including phenoxy) is 1. The molecule has 0 aliphatic heterocycles. The molecular formula is C43H36N6O10S2. The van der Waals surface area contributed by atoms with Crippen molar-refractivity contribution in [1.29, 1.82) is 0 Å². The third-order valence-electron chi connectivity index (χ3n) is 9.73. The molecule has 0 amide bonds. The number of aliphatic hydroxyl groups excluding tert-OH is 1. The summed E-state index contributed by atoms with van der Waals surface area (Å²) in [5, 5.41) is 58.6. The van der Waals surface area contributed by atoms with Crippen LogP contribution in [0.4, 0.5) is 34.1 Å². The zero-order valence-electron chi connectivity index (χ0n) is 32.6. The van der Waals surface area contributed by atoms with Gasteiger partial charge < -0.3 is 20.1 Å². The van der Waals surface area contributed by atoms with E-state index in [-0.39, 0.29) is 56.3 Å². The van der Waals surface area contributed by atoms with Crippen LogP contribution in [-0.2, 0) is 33.3 Å². The number of phenols is 2. The minimum Gasteiger partial charge on any atom is -0.506 e. The first-order valence-corrected chi connectivity index (χ1v) is 21.1. The number of azo groups is 3. The van der Waals surface area contributed by atoms with E-state index in [2.05, 4.69) is 30.7 Å². The molecule has 0 spiro atoms. The summed E-state index contributed by atoms with van der Waals surface area (Å²) in [6, 6.07) is 28.8. The molecule has 0 bridgehead atoms. The normalized spacial score (nSPS) is 12.4. The monoisotopic (exact) mass is 860 g/mol. The molecule has 18 heteroatoms. The van der Waals surface area contributed by atoms with Crippen LogP contribution in [0.1, 0.15) is 27.8 Å². The number of aromatic hydroxyl groups is 2. The molecule has 310 valence electrons. The second-order valence-corrected chi connectivity index (χ2v) is 16.7. The molecule has 7 rings (SSSR count). The van der Waals surface area contributed by atoms with E-state index < -0.39 is 36.6 Å². The molecule has 0 saturated heterocycles. The third-order valence-corrected chi connectivity index (χ3v) is 11.5. The molecule has 0 saturated carbocycles. The van der Waals surface area contributed by atoms with Crippen LogP contribution < -0.4 is 4.74 Å². The lowest BCUT2D eigenvalue weighted by atomic mass is 10.0. The van der Waals surface area contributed by atoms with Gasteiger partial charge in [-0.2, -0.15) is 32.2 Å². The first-order chi connectivity index (χ1) is 29.0. The van der Waals surface area contributed by atoms with Gasteiger partial charge in [0, 0.05) is 22.4 Å². The van der Waals surface area contributed by atoms with E-state index in [0.29, 0.717) is 28.6 Å². The van der Waals surface area contributed by atoms with Gasteiger partial charge in [0.25, 0.3) is 20.2 Å². The second kappa shape index (κ2) is 17.0. The number of phenolic OH excluding ortho intramolecular Hbond substituents is 2. The minimum absolute atomic E-state index is 0.0110. The summed E-state index contributed by atoms with van der Waals surface area (Å²) in [6.07, 6.45) is 0.689. The Morgan fingerprint density at radius 1 is 0.541 bits per heavy atom. The molecule has 7 aromatic rings. The van der Waals surface area contributed by atoms with Crippen molar-refractivity contribution in [3.05, 3.63) is 137 Å². The number of nitrogens with zero attached hydrogens (tertiary/aromatic N) is 6. The topological polar surface area (TPSA) is 253 Å². The van der Waals surface area contributed by atoms with Crippen LogP contribution in [-0.4, -0.2) is 48.4 Å². The van der Waals surface area contributed by atoms with Crippen molar-refractivity contribution in [3.8, 4) is 17.2 Å². The zero-order valence-corrected chi connectivity index (χ0v) is 34.2. The van der Waals surface area contributed by atoms with E-state index in [0.717, 1.165) is 40.5 Å². The predicted octanol–water partition coefficient (Wildman–Crippen LogP) is 10.9. The zero-order chi connectivity index (χ0) is 43.6. The van der Waals surface area contributed by atoms with E-state index in [1.165, 1.54) is 24.3 Å². The van der Waals surface area contributed by atoms with Crippen LogP contribution in [0.25, 0.3) is 21.5 Å². The first-order valence-electron chi connectivity index (χ1n) is 18.2. The fraction of sp³-hybridized carbons (Fsp3) is 0.116. The van der Waals surface area contributed by atoms with Crippen molar-refractivity contribution in [1.82, 2.24) is 0 Å². The number of hydrogen-bond acceptors (Lipinski definition) is 14. The fourth-order valence-corrected chi connectivity index (χ4v) is 7.87. The Morgan fingerprint density at radius 3 is 1.77 bits per heavy atom. The lowest BCUT2D eigenvalue weighted by Gasteiger charge is -2.09. The Hall–Kier alpha value is -6.96. The molecule has 61 heavy (non-hydrogen) atoms. The number of methoxy groups -OCH3 is 1. The molecule has 0 aliphatic rings. The Morgan fingerprint density at radius 2 is 1.13 bits per heavy atom. The molecule has 7 aromatic carbocycles. The van der Waals surface area contributed by atoms with Gasteiger partial charge in [-0.15, -0.1) is 15.3 Å². The molecule has 0 heterocycles. The Labute approximate surface area is 349 Å². The molecule has 0 aromatic heterocycles. The predicted molar refractivity (Wildman–Crippen MR) is 227 cm³/mol. The second-order valence-electron chi connectivity index (χ2n) is 13.9. The highest BCUT2D eigenvalue weighted by molar-refractivity contribution is 7.86. The number of aliphatic hydroxyl groups is 1. The lowest BCUT2D eigenvalue weighted by molar-refractivity contribution is 0.282. The summed E-state index contributed by atoms with van der Waals surface area (Å²) in [4.78, 5) is -1.12. The quantitative estimate of drug-likeness (QED) is 0.0573. The summed E-state index contributed by atoms with van der Waals surface area (Å²) >= 11 is 0. The van der Waals surface area contributed by atoms with Gasteiger partial charge in [0.1, 0.15) is 38.4 Å². The van der Waals surface area contributed by atoms with Gasteiger partial charge in [-0.3, -0.25) is 9.11 Å². The van der Waals surface area contributed by atoms with Gasteiger partial charge >= 0.3 is 0 Å². The van der Waals surface area contributed by atoms with Crippen LogP contribution in [0.3, 0.4) is 0 Å². The summed E-state index contributed by atoms with van der Waals surface area (Å²) in [7, 11) is -7.91. The van der Waals surface area contributed by atoms with Crippen molar-refractivity contribution in [3.63, 3.8) is 0 Å². The van der Waals surface area contributed by atoms with E-state index in [1.54, 1.807) is 39.2 Å². The number of benzene rings is 7. The maximum atomic E-state index is 12.2. The molecule has 16 nitrogen and oxygen atoms in total. The van der Waals surface area contributed by atoms with Crippen LogP contribution in [0.2, 0.25) is 0 Å². The maximum absolute atomic E-state index is 12.2. The van der Waals surface area contributed by atoms with Crippen LogP contribution >= 0.6 is 0 Å². The summed E-state index contributed by atoms with van der Waals surface area (Å²) in [5.41, 5.74) is 4.08. The molecule has 0 unspecified atom stereocenters. The first kappa shape index (κ1) is 42.2. The SMILES string of the molecule is COc1ccc(Cc2ccc3c(O)c(N=Nc4cc(CO)c(N=Nc5cc(C)c(N=Nc6cc7c(S(=O)(=O)O)cccc7cc6S(=O)(=O)O)cc5C)cc4O)ccc3c2)cc1. The van der Waals surface area contributed by atoms with E-state index >= 15 is 0 Å². The van der Waals surface area contributed by atoms with Crippen LogP contribution in [0, 0.1) is 13.8 Å². The average molecular weight is 861 g/mol. The number of fused-ring (bicyclic) bond motifs is 2. The standard InChI is InChI=1S/C43H36N6O10S2/c1-24-16-36(46-49-39-21-33-28(20-42(39)61(56,57)58)5-4-6-41(33)60(53,54)55)25(2)15-35(24)45-47-37-22-40(51)38(19-30(37)23-50)48-44-34-14-10-29-18-27(9-13-32(29)43(34)52)17-26-7-11-31(59-3)12-8-26/h4-16,18-22,50-52H,17,23H2,1-3H3,(H,53,54,55)(H,56,57,58). The maximum Gasteiger partial charge on any atom is 0.296 e. The van der Waals surface area contributed by atoms with E-state index in [1.807, 2.05) is 48.5 Å². The average Bonchev–Trinajstić information content (AvgIpc) is 3.22. The number of aryl methyl sites for hydroxylation is 2. The lowest BCUT2D eigenvalue weighted by Crippen LogP contribution is -2.01. The molecule has 5 N–H and O–H groups in total. The summed E-state index contributed by atoms with van der Waals surface area (Å²) in [5.74, 6) is 0.371. The van der Waals surface area contributed by atoms with Gasteiger partial charge in [0.15, 0.2) is 5.75 Å². The summed E-state index contributed by atoms with van der Waals surface area (Å²) < 4.78 is 73.3. The highest BCUT2D eigenvalue weighted by atomic mass is 32.2. The summed E-state index contributed by atoms with van der Waals surface area (Å²) in [6.45, 7) is 2.88. The van der Waals surface area contributed by atoms with Gasteiger partial charge in [-0.1, -0.05) is 48.5 Å². The van der Waals surface area contributed by atoms with Crippen molar-refractivity contribution in [2.45, 2.75) is 36.7 Å². The van der Waals surface area contributed by atoms with Crippen molar-refractivity contribution < 1.29 is 46.0 Å². The number of rotatable bonds is 12. The van der Waals surface area contributed by atoms with E-state index in [9.17, 15) is 41.3 Å². The van der Waals surface area contributed by atoms with Gasteiger partial charge in [0.2, 0.25) is 0 Å². The molecule has 0 atom stereocenters. The Bertz CT molecular complexity index is 3190. The Kier molecular flexibility index (Phi) is 11.7. The van der Waals surface area contributed by atoms with Crippen LogP contribution in [0.5, 0.6) is 17.2 Å². The fourth-order valence-electron chi connectivity index (χ4n) is 6.53. The number of hydrogen-bond donors (Lipinski definition) is 5. The molecular weight excluding hydrogens is 825 g/mol. The van der Waals surface area contributed by atoms with Crippen molar-refractivity contribution >= 4 is 75.9 Å². The molecule has 0 radical (unpaired) electrons. The third kappa shape index (κ3) is 9.28. The van der Waals surface area contributed by atoms with Gasteiger partial charge in [-0.25, -0.2) is 0 Å². The molecule has 0 fully saturated rings. The highest BCUT2D eigenvalue weighted by Gasteiger charge is 2.21. The van der Waals surface area contributed by atoms with Gasteiger partial charge in [0.05, 0.1) is 30.8 Å². The van der Waals surface area contributed by atoms with Gasteiger partial charge in [-0.05, 0) is 108 Å². The van der Waals surface area contributed by atoms with E-state index in [4.69, 9.17) is 4.74 Å². The van der Waals surface area contributed by atoms with Crippen LogP contribution in [0.15, 0.2) is 150 Å². The van der Waals surface area contributed by atoms with Crippen molar-refractivity contribution in [2.24, 2.45) is 30.7 Å². The largest absolute Gasteiger partial charge is 0.506 e. The Balaban J connectivity index is 1.11. The minimum atomic E-state index is -4.84. The van der Waals surface area contributed by atoms with Crippen molar-refractivity contribution in [2.75, 3.05) is 7.11 Å². The smallest absolute Gasteiger partial charge is 0.296 e. The molecule has 0 aliphatic carbocycles.